The zero-order valence-corrected chi connectivity index (χ0v) is 10.4. The fraction of sp³-hybridized carbons (Fsp3) is 0. The first-order valence-corrected chi connectivity index (χ1v) is 5.91. The van der Waals surface area contributed by atoms with Crippen molar-refractivity contribution >= 4 is 0 Å². The molecule has 3 rings (SSSR count). The van der Waals surface area contributed by atoms with E-state index in [1.807, 2.05) is 18.2 Å². The van der Waals surface area contributed by atoms with Gasteiger partial charge in [-0.2, -0.15) is 9.49 Å². The Morgan fingerprint density at radius 1 is 1.00 bits per heavy atom. The van der Waals surface area contributed by atoms with E-state index in [2.05, 4.69) is 26.9 Å². The van der Waals surface area contributed by atoms with E-state index in [-0.39, 0.29) is 0 Å². The van der Waals surface area contributed by atoms with E-state index in [0.29, 0.717) is 11.4 Å². The third kappa shape index (κ3) is 2.70. The molecule has 0 radical (unpaired) electrons. The van der Waals surface area contributed by atoms with Crippen LogP contribution >= 0.6 is 0 Å². The summed E-state index contributed by atoms with van der Waals surface area (Å²) in [4.78, 5) is 7.70. The van der Waals surface area contributed by atoms with Gasteiger partial charge >= 0.3 is 0 Å². The van der Waals surface area contributed by atoms with Gasteiger partial charge in [-0.3, -0.25) is 0 Å². The quantitative estimate of drug-likeness (QED) is 0.500. The van der Waals surface area contributed by atoms with Gasteiger partial charge in [0.15, 0.2) is 0 Å². The van der Waals surface area contributed by atoms with Gasteiger partial charge in [-0.05, 0) is 30.2 Å². The highest BCUT2D eigenvalue weighted by Gasteiger charge is 2.00. The van der Waals surface area contributed by atoms with Gasteiger partial charge in [0.2, 0.25) is 5.95 Å². The number of aromatic nitrogens is 4. The first-order chi connectivity index (χ1) is 9.81. The summed E-state index contributed by atoms with van der Waals surface area (Å²) < 4.78 is 14.3. The second-order valence-electron chi connectivity index (χ2n) is 3.98. The number of hydrogen-bond donors (Lipinski definition) is 0. The van der Waals surface area contributed by atoms with E-state index < -0.39 is 5.95 Å². The zero-order valence-electron chi connectivity index (χ0n) is 10.4. The maximum absolute atomic E-state index is 12.7. The molecule has 3 heterocycles. The first-order valence-electron chi connectivity index (χ1n) is 5.91. The molecule has 0 atom stereocenters. The Labute approximate surface area is 114 Å². The molecule has 0 saturated heterocycles. The van der Waals surface area contributed by atoms with Gasteiger partial charge in [-0.15, -0.1) is 0 Å². The van der Waals surface area contributed by atoms with Crippen molar-refractivity contribution in [3.63, 3.8) is 0 Å². The van der Waals surface area contributed by atoms with Crippen molar-refractivity contribution in [1.82, 2.24) is 19.7 Å². The van der Waals surface area contributed by atoms with E-state index in [1.165, 1.54) is 12.3 Å². The lowest BCUT2D eigenvalue weighted by Gasteiger charge is -1.98. The van der Waals surface area contributed by atoms with Gasteiger partial charge in [0, 0.05) is 12.4 Å². The summed E-state index contributed by atoms with van der Waals surface area (Å²) in [7, 11) is 0. The Bertz CT molecular complexity index is 767. The van der Waals surface area contributed by atoms with Crippen molar-refractivity contribution in [1.29, 1.82) is 0 Å². The summed E-state index contributed by atoms with van der Waals surface area (Å²) >= 11 is 0. The van der Waals surface area contributed by atoms with Gasteiger partial charge in [-0.25, -0.2) is 14.6 Å². The van der Waals surface area contributed by atoms with Crippen LogP contribution in [0.4, 0.5) is 4.39 Å². The van der Waals surface area contributed by atoms with Crippen molar-refractivity contribution in [3.8, 4) is 17.5 Å². The molecule has 5 heteroatoms. The minimum Gasteiger partial charge on any atom is -0.248 e. The molecule has 0 saturated carbocycles. The van der Waals surface area contributed by atoms with E-state index in [4.69, 9.17) is 0 Å². The van der Waals surface area contributed by atoms with E-state index >= 15 is 0 Å². The van der Waals surface area contributed by atoms with Gasteiger partial charge in [-0.1, -0.05) is 12.0 Å². The van der Waals surface area contributed by atoms with Crippen LogP contribution in [0.2, 0.25) is 0 Å². The average Bonchev–Trinajstić information content (AvgIpc) is 2.96. The lowest BCUT2D eigenvalue weighted by molar-refractivity contribution is 0.582. The molecule has 20 heavy (non-hydrogen) atoms. The molecular weight excluding hydrogens is 255 g/mol. The van der Waals surface area contributed by atoms with Gasteiger partial charge in [0.05, 0.1) is 23.6 Å². The van der Waals surface area contributed by atoms with Crippen LogP contribution in [0, 0.1) is 17.8 Å². The summed E-state index contributed by atoms with van der Waals surface area (Å²) in [6.07, 6.45) is 6.50. The van der Waals surface area contributed by atoms with E-state index in [0.717, 1.165) is 5.56 Å². The highest BCUT2D eigenvalue weighted by atomic mass is 19.1. The van der Waals surface area contributed by atoms with Crippen LogP contribution in [-0.4, -0.2) is 19.7 Å². The first kappa shape index (κ1) is 12.1. The topological polar surface area (TPSA) is 43.6 Å². The van der Waals surface area contributed by atoms with Crippen LogP contribution in [0.25, 0.3) is 5.69 Å². The summed E-state index contributed by atoms with van der Waals surface area (Å²) in [6.45, 7) is 0. The molecule has 0 unspecified atom stereocenters. The molecule has 4 nitrogen and oxygen atoms in total. The van der Waals surface area contributed by atoms with Crippen molar-refractivity contribution in [2.45, 2.75) is 0 Å². The molecule has 0 bridgehead atoms. The molecular formula is C15H9FN4. The molecule has 96 valence electrons. The summed E-state index contributed by atoms with van der Waals surface area (Å²) in [5, 5.41) is 4.16. The lowest BCUT2D eigenvalue weighted by atomic mass is 10.3. The number of hydrogen-bond acceptors (Lipinski definition) is 3. The number of rotatable bonds is 1. The van der Waals surface area contributed by atoms with Gasteiger partial charge in [0.25, 0.3) is 0 Å². The Hall–Kier alpha value is -3.00. The minimum atomic E-state index is -0.518. The second-order valence-corrected chi connectivity index (χ2v) is 3.98. The predicted octanol–water partition coefficient (Wildman–Crippen LogP) is 2.20. The highest BCUT2D eigenvalue weighted by molar-refractivity contribution is 5.39. The van der Waals surface area contributed by atoms with Gasteiger partial charge in [0.1, 0.15) is 5.69 Å². The largest absolute Gasteiger partial charge is 0.248 e. The monoisotopic (exact) mass is 264 g/mol. The Balaban J connectivity index is 1.84. The smallest absolute Gasteiger partial charge is 0.212 e. The molecule has 0 amide bonds. The standard InChI is InChI=1S/C15H9FN4/c16-15-7-6-14(10-18-15)20-11-12(9-19-20)4-5-13-3-1-2-8-17-13/h1-3,6-11H. The SMILES string of the molecule is Fc1ccc(-n2cc(C#Cc3ccccn3)cn2)cn1. The van der Waals surface area contributed by atoms with Crippen LogP contribution in [0.1, 0.15) is 11.3 Å². The number of halogens is 1. The molecule has 0 aliphatic carbocycles. The molecule has 0 aliphatic rings. The van der Waals surface area contributed by atoms with Crippen LogP contribution in [-0.2, 0) is 0 Å². The van der Waals surface area contributed by atoms with Gasteiger partial charge < -0.3 is 0 Å². The van der Waals surface area contributed by atoms with Crippen LogP contribution in [0.5, 0.6) is 0 Å². The van der Waals surface area contributed by atoms with Crippen LogP contribution < -0.4 is 0 Å². The van der Waals surface area contributed by atoms with Crippen LogP contribution in [0.15, 0.2) is 55.1 Å². The molecule has 3 aromatic rings. The number of pyridine rings is 2. The van der Waals surface area contributed by atoms with E-state index in [1.54, 1.807) is 29.3 Å². The second kappa shape index (κ2) is 5.33. The fourth-order valence-corrected chi connectivity index (χ4v) is 1.61. The van der Waals surface area contributed by atoms with Crippen molar-refractivity contribution in [3.05, 3.63) is 72.3 Å². The summed E-state index contributed by atoms with van der Waals surface area (Å²) in [5.74, 6) is 5.40. The van der Waals surface area contributed by atoms with Crippen molar-refractivity contribution in [2.75, 3.05) is 0 Å². The van der Waals surface area contributed by atoms with Crippen molar-refractivity contribution < 1.29 is 4.39 Å². The Morgan fingerprint density at radius 3 is 2.70 bits per heavy atom. The zero-order chi connectivity index (χ0) is 13.8. The third-order valence-electron chi connectivity index (χ3n) is 2.56. The predicted molar refractivity (Wildman–Crippen MR) is 71.5 cm³/mol. The van der Waals surface area contributed by atoms with Crippen molar-refractivity contribution in [2.24, 2.45) is 0 Å². The Kier molecular flexibility index (Phi) is 3.21. The highest BCUT2D eigenvalue weighted by Crippen LogP contribution is 2.07. The molecule has 3 aromatic heterocycles. The Morgan fingerprint density at radius 2 is 1.95 bits per heavy atom. The molecule has 0 N–H and O–H groups in total. The van der Waals surface area contributed by atoms with E-state index in [9.17, 15) is 4.39 Å². The average molecular weight is 264 g/mol. The lowest BCUT2D eigenvalue weighted by Crippen LogP contribution is -1.95. The fourth-order valence-electron chi connectivity index (χ4n) is 1.61. The number of nitrogens with zero attached hydrogens (tertiary/aromatic N) is 4. The summed E-state index contributed by atoms with van der Waals surface area (Å²) in [5.41, 5.74) is 2.13. The molecule has 0 aliphatic heterocycles. The minimum absolute atomic E-state index is 0.518. The summed E-state index contributed by atoms with van der Waals surface area (Å²) in [6, 6.07) is 8.44. The maximum Gasteiger partial charge on any atom is 0.212 e. The maximum atomic E-state index is 12.7. The van der Waals surface area contributed by atoms with Crippen LogP contribution in [0.3, 0.4) is 0 Å². The molecule has 0 fully saturated rings. The normalized spacial score (nSPS) is 9.85. The molecule has 0 spiro atoms. The molecule has 0 aromatic carbocycles. The third-order valence-corrected chi connectivity index (χ3v) is 2.56.